The molecule has 0 radical (unpaired) electrons. The predicted octanol–water partition coefficient (Wildman–Crippen LogP) is 5.00. The lowest BCUT2D eigenvalue weighted by Crippen LogP contribution is -2.14. The third kappa shape index (κ3) is 7.98. The van der Waals surface area contributed by atoms with Crippen LogP contribution < -0.4 is 5.32 Å². The van der Waals surface area contributed by atoms with Crippen molar-refractivity contribution in [2.75, 3.05) is 13.3 Å². The zero-order valence-electron chi connectivity index (χ0n) is 19.6. The number of sulfone groups is 1. The van der Waals surface area contributed by atoms with Crippen LogP contribution in [0.25, 0.3) is 11.3 Å². The van der Waals surface area contributed by atoms with E-state index in [0.717, 1.165) is 18.0 Å². The molecule has 2 aromatic carbocycles. The average Bonchev–Trinajstić information content (AvgIpc) is 2.77. The lowest BCUT2D eigenvalue weighted by atomic mass is 10.0. The number of carbonyl (C=O) groups is 1. The van der Waals surface area contributed by atoms with Gasteiger partial charge in [-0.05, 0) is 43.3 Å². The Balaban J connectivity index is 0.000000264. The molecule has 1 aromatic heterocycles. The Morgan fingerprint density at radius 1 is 1.00 bits per heavy atom. The first kappa shape index (κ1) is 29.7. The molecule has 1 heterocycles. The Morgan fingerprint density at radius 3 is 1.97 bits per heavy atom. The molecule has 0 aliphatic heterocycles. The summed E-state index contributed by atoms with van der Waals surface area (Å²) in [6, 6.07) is 8.53. The van der Waals surface area contributed by atoms with Gasteiger partial charge in [0.05, 0.1) is 16.8 Å². The van der Waals surface area contributed by atoms with Crippen molar-refractivity contribution in [1.82, 2.24) is 15.3 Å². The number of halogens is 6. The normalized spacial score (nSPS) is 12.0. The van der Waals surface area contributed by atoms with Crippen LogP contribution in [0.15, 0.2) is 53.8 Å². The maximum Gasteiger partial charge on any atom is 0.416 e. The molecule has 0 fully saturated rings. The van der Waals surface area contributed by atoms with E-state index in [2.05, 4.69) is 15.3 Å². The second-order valence-electron chi connectivity index (χ2n) is 7.75. The highest BCUT2D eigenvalue weighted by atomic mass is 32.2. The predicted molar refractivity (Wildman–Crippen MR) is 121 cm³/mol. The molecule has 37 heavy (non-hydrogen) atoms. The van der Waals surface area contributed by atoms with Gasteiger partial charge in [0.1, 0.15) is 5.56 Å². The minimum atomic E-state index is -4.79. The van der Waals surface area contributed by atoms with Gasteiger partial charge in [-0.15, -0.1) is 0 Å². The largest absolute Gasteiger partial charge is 0.478 e. The summed E-state index contributed by atoms with van der Waals surface area (Å²) < 4.78 is 97.4. The molecule has 0 spiro atoms. The van der Waals surface area contributed by atoms with Crippen LogP contribution in [0.4, 0.5) is 26.3 Å². The maximum atomic E-state index is 12.4. The molecule has 0 bridgehead atoms. The standard InChI is InChI=1S/C13H12N2O4S.C10H9F6N/c1-8-5-3-4-6-9(8)11-10(12(16)17)7-14-13(15-11)20(2,18)19;1-17-5-6-2-7(9(11,12)13)4-8(3-6)10(14,15)16/h3-7H,1-2H3,(H,16,17);2-4,17H,5H2,1H3. The summed E-state index contributed by atoms with van der Waals surface area (Å²) in [4.78, 5) is 18.8. The van der Waals surface area contributed by atoms with E-state index in [1.807, 2.05) is 0 Å². The fourth-order valence-electron chi connectivity index (χ4n) is 3.07. The fraction of sp³-hybridized carbons (Fsp3) is 0.261. The second kappa shape index (κ2) is 11.3. The maximum absolute atomic E-state index is 12.4. The SMILES string of the molecule is CNCc1cc(C(F)(F)F)cc(C(F)(F)F)c1.Cc1ccccc1-c1nc(S(C)(=O)=O)ncc1C(=O)O. The zero-order valence-corrected chi connectivity index (χ0v) is 20.4. The smallest absolute Gasteiger partial charge is 0.416 e. The van der Waals surface area contributed by atoms with Crippen molar-refractivity contribution in [3.8, 4) is 11.3 Å². The van der Waals surface area contributed by atoms with Gasteiger partial charge in [-0.3, -0.25) is 0 Å². The van der Waals surface area contributed by atoms with Crippen LogP contribution in [-0.2, 0) is 28.7 Å². The van der Waals surface area contributed by atoms with E-state index in [9.17, 15) is 44.7 Å². The number of hydrogen-bond donors (Lipinski definition) is 2. The Hall–Kier alpha value is -3.52. The summed E-state index contributed by atoms with van der Waals surface area (Å²) in [7, 11) is -2.17. The molecular weight excluding hydrogens is 528 g/mol. The summed E-state index contributed by atoms with van der Waals surface area (Å²) in [5.74, 6) is -1.21. The Morgan fingerprint density at radius 2 is 1.54 bits per heavy atom. The van der Waals surface area contributed by atoms with Crippen molar-refractivity contribution in [2.45, 2.75) is 31.0 Å². The van der Waals surface area contributed by atoms with Crippen LogP contribution in [0.3, 0.4) is 0 Å². The molecule has 0 unspecified atom stereocenters. The van der Waals surface area contributed by atoms with Crippen LogP contribution in [0.2, 0.25) is 0 Å². The van der Waals surface area contributed by atoms with Gasteiger partial charge in [0.2, 0.25) is 15.0 Å². The number of hydrogen-bond acceptors (Lipinski definition) is 6. The number of nitrogens with zero attached hydrogens (tertiary/aromatic N) is 2. The fourth-order valence-corrected chi connectivity index (χ4v) is 3.57. The van der Waals surface area contributed by atoms with Gasteiger partial charge < -0.3 is 10.4 Å². The Kier molecular flexibility index (Phi) is 9.04. The molecule has 14 heteroatoms. The summed E-state index contributed by atoms with van der Waals surface area (Å²) in [5, 5.41) is 11.3. The summed E-state index contributed by atoms with van der Waals surface area (Å²) >= 11 is 0. The average molecular weight is 549 g/mol. The number of carboxylic acid groups (broad SMARTS) is 1. The number of aromatic nitrogens is 2. The molecule has 0 atom stereocenters. The van der Waals surface area contributed by atoms with E-state index in [1.165, 1.54) is 7.05 Å². The van der Waals surface area contributed by atoms with Crippen molar-refractivity contribution in [2.24, 2.45) is 0 Å². The van der Waals surface area contributed by atoms with Gasteiger partial charge in [0, 0.05) is 24.6 Å². The highest BCUT2D eigenvalue weighted by Gasteiger charge is 2.36. The zero-order chi connectivity index (χ0) is 28.2. The van der Waals surface area contributed by atoms with Gasteiger partial charge in [-0.25, -0.2) is 23.2 Å². The van der Waals surface area contributed by atoms with E-state index >= 15 is 0 Å². The van der Waals surface area contributed by atoms with Crippen LogP contribution in [-0.4, -0.2) is 42.8 Å². The molecule has 3 rings (SSSR count). The number of rotatable bonds is 5. The monoisotopic (exact) mass is 549 g/mol. The first-order chi connectivity index (χ1) is 16.9. The van der Waals surface area contributed by atoms with Crippen LogP contribution in [0.5, 0.6) is 0 Å². The molecule has 3 aromatic rings. The van der Waals surface area contributed by atoms with Crippen LogP contribution in [0, 0.1) is 6.92 Å². The number of aryl methyl sites for hydroxylation is 1. The topological polar surface area (TPSA) is 109 Å². The molecule has 200 valence electrons. The van der Waals surface area contributed by atoms with Crippen LogP contribution >= 0.6 is 0 Å². The third-order valence-electron chi connectivity index (χ3n) is 4.76. The lowest BCUT2D eigenvalue weighted by Gasteiger charge is -2.13. The number of carboxylic acids is 1. The highest BCUT2D eigenvalue weighted by Crippen LogP contribution is 2.36. The minimum absolute atomic E-state index is 0.0605. The molecule has 0 saturated heterocycles. The number of alkyl halides is 6. The van der Waals surface area contributed by atoms with Crippen molar-refractivity contribution in [1.29, 1.82) is 0 Å². The molecule has 2 N–H and O–H groups in total. The molecule has 0 amide bonds. The number of nitrogens with one attached hydrogen (secondary N) is 1. The van der Waals surface area contributed by atoms with Crippen molar-refractivity contribution >= 4 is 15.8 Å². The molecular formula is C23H21F6N3O4S. The second-order valence-corrected chi connectivity index (χ2v) is 9.66. The van der Waals surface area contributed by atoms with Gasteiger partial charge >= 0.3 is 18.3 Å². The van der Waals surface area contributed by atoms with Crippen LogP contribution in [0.1, 0.15) is 32.6 Å². The van der Waals surface area contributed by atoms with Gasteiger partial charge in [-0.1, -0.05) is 24.3 Å². The van der Waals surface area contributed by atoms with Crippen molar-refractivity contribution < 1.29 is 44.7 Å². The summed E-state index contributed by atoms with van der Waals surface area (Å²) in [6.07, 6.45) is -7.58. The number of aromatic carboxylic acids is 1. The molecule has 0 aliphatic carbocycles. The third-order valence-corrected chi connectivity index (χ3v) is 5.62. The molecule has 0 aliphatic rings. The Labute approximate surface area is 208 Å². The highest BCUT2D eigenvalue weighted by molar-refractivity contribution is 7.90. The first-order valence-electron chi connectivity index (χ1n) is 10.2. The summed E-state index contributed by atoms with van der Waals surface area (Å²) in [6.45, 7) is 1.73. The minimum Gasteiger partial charge on any atom is -0.478 e. The first-order valence-corrected chi connectivity index (χ1v) is 12.1. The lowest BCUT2D eigenvalue weighted by molar-refractivity contribution is -0.143. The van der Waals surface area contributed by atoms with E-state index < -0.39 is 39.3 Å². The quantitative estimate of drug-likeness (QED) is 0.341. The summed E-state index contributed by atoms with van der Waals surface area (Å²) in [5.41, 5.74) is -1.31. The van der Waals surface area contributed by atoms with E-state index in [0.29, 0.717) is 17.7 Å². The van der Waals surface area contributed by atoms with Gasteiger partial charge in [0.25, 0.3) is 0 Å². The van der Waals surface area contributed by atoms with E-state index in [4.69, 9.17) is 0 Å². The van der Waals surface area contributed by atoms with Crippen molar-refractivity contribution in [3.05, 3.63) is 76.5 Å². The molecule has 7 nitrogen and oxygen atoms in total. The Bertz CT molecular complexity index is 1360. The molecule has 0 saturated carbocycles. The van der Waals surface area contributed by atoms with Gasteiger partial charge in [0.15, 0.2) is 0 Å². The van der Waals surface area contributed by atoms with E-state index in [-0.39, 0.29) is 34.6 Å². The van der Waals surface area contributed by atoms with Gasteiger partial charge in [-0.2, -0.15) is 26.3 Å². The van der Waals surface area contributed by atoms with Crippen molar-refractivity contribution in [3.63, 3.8) is 0 Å². The van der Waals surface area contributed by atoms with E-state index in [1.54, 1.807) is 31.2 Å². The number of benzene rings is 2.